The van der Waals surface area contributed by atoms with Crippen LogP contribution in [0.5, 0.6) is 0 Å². The Bertz CT molecular complexity index is 464. The summed E-state index contributed by atoms with van der Waals surface area (Å²) in [4.78, 5) is 14.7. The highest BCUT2D eigenvalue weighted by Crippen LogP contribution is 2.15. The van der Waals surface area contributed by atoms with Crippen molar-refractivity contribution >= 4 is 5.91 Å². The Morgan fingerprint density at radius 3 is 2.86 bits per heavy atom. The molecule has 1 amide bonds. The maximum Gasteiger partial charge on any atom is 0.227 e. The Morgan fingerprint density at radius 1 is 1.43 bits per heavy atom. The van der Waals surface area contributed by atoms with E-state index in [4.69, 9.17) is 0 Å². The summed E-state index contributed by atoms with van der Waals surface area (Å²) >= 11 is 0. The molecule has 0 aromatic heterocycles. The molecule has 3 heteroatoms. The number of benzene rings is 1. The number of carbonyl (C=O) groups is 1. The first-order valence-electron chi connectivity index (χ1n) is 8.12. The molecule has 21 heavy (non-hydrogen) atoms. The summed E-state index contributed by atoms with van der Waals surface area (Å²) < 4.78 is 0. The van der Waals surface area contributed by atoms with E-state index in [0.717, 1.165) is 25.2 Å². The number of aryl methyl sites for hydroxylation is 1. The molecule has 0 radical (unpaired) electrons. The minimum absolute atomic E-state index is 0.251. The molecule has 1 heterocycles. The zero-order valence-electron chi connectivity index (χ0n) is 13.6. The molecule has 0 aliphatic carbocycles. The van der Waals surface area contributed by atoms with E-state index in [9.17, 15) is 4.79 Å². The van der Waals surface area contributed by atoms with Crippen molar-refractivity contribution in [2.75, 3.05) is 19.6 Å². The van der Waals surface area contributed by atoms with E-state index < -0.39 is 0 Å². The number of nitrogens with one attached hydrogen (secondary N) is 1. The summed E-state index contributed by atoms with van der Waals surface area (Å²) in [5, 5.41) is 3.44. The van der Waals surface area contributed by atoms with Gasteiger partial charge < -0.3 is 10.2 Å². The highest BCUT2D eigenvalue weighted by Gasteiger charge is 2.22. The molecule has 0 spiro atoms. The Hall–Kier alpha value is -1.35. The molecule has 1 aromatic carbocycles. The van der Waals surface area contributed by atoms with Crippen LogP contribution < -0.4 is 5.32 Å². The normalized spacial score (nSPS) is 18.8. The van der Waals surface area contributed by atoms with Crippen molar-refractivity contribution in [2.24, 2.45) is 5.92 Å². The maximum atomic E-state index is 12.6. The van der Waals surface area contributed by atoms with Crippen LogP contribution in [0.3, 0.4) is 0 Å². The third kappa shape index (κ3) is 4.85. The van der Waals surface area contributed by atoms with Crippen molar-refractivity contribution in [2.45, 2.75) is 46.1 Å². The molecular weight excluding hydrogens is 260 g/mol. The molecule has 1 saturated heterocycles. The molecule has 1 aliphatic heterocycles. The molecule has 2 rings (SSSR count). The summed E-state index contributed by atoms with van der Waals surface area (Å²) in [6.07, 6.45) is 2.97. The monoisotopic (exact) mass is 288 g/mol. The lowest BCUT2D eigenvalue weighted by molar-refractivity contribution is -0.133. The first kappa shape index (κ1) is 16.0. The lowest BCUT2D eigenvalue weighted by Crippen LogP contribution is -2.44. The average Bonchev–Trinajstić information content (AvgIpc) is 2.45. The highest BCUT2D eigenvalue weighted by molar-refractivity contribution is 5.79. The molecule has 1 atom stereocenters. The number of rotatable bonds is 5. The van der Waals surface area contributed by atoms with Crippen LogP contribution in [0.25, 0.3) is 0 Å². The van der Waals surface area contributed by atoms with Crippen LogP contribution in [0.1, 0.15) is 37.8 Å². The van der Waals surface area contributed by atoms with Gasteiger partial charge in [-0.15, -0.1) is 0 Å². The Balaban J connectivity index is 1.98. The summed E-state index contributed by atoms with van der Waals surface area (Å²) in [5.74, 6) is 0.851. The van der Waals surface area contributed by atoms with Crippen molar-refractivity contribution in [1.29, 1.82) is 0 Å². The van der Waals surface area contributed by atoms with Gasteiger partial charge in [0.25, 0.3) is 0 Å². The third-order valence-electron chi connectivity index (χ3n) is 4.24. The Morgan fingerprint density at radius 2 is 2.24 bits per heavy atom. The SMILES string of the molecule is Cc1cccc(CC(=O)N(CC2CCCNC2)C(C)C)c1. The average molecular weight is 288 g/mol. The summed E-state index contributed by atoms with van der Waals surface area (Å²) in [5.41, 5.74) is 2.33. The van der Waals surface area contributed by atoms with Crippen molar-refractivity contribution in [1.82, 2.24) is 10.2 Å². The summed E-state index contributed by atoms with van der Waals surface area (Å²) in [7, 11) is 0. The smallest absolute Gasteiger partial charge is 0.227 e. The van der Waals surface area contributed by atoms with Crippen molar-refractivity contribution < 1.29 is 4.79 Å². The van der Waals surface area contributed by atoms with Gasteiger partial charge in [0, 0.05) is 12.6 Å². The highest BCUT2D eigenvalue weighted by atomic mass is 16.2. The van der Waals surface area contributed by atoms with Gasteiger partial charge in [-0.2, -0.15) is 0 Å². The fraction of sp³-hybridized carbons (Fsp3) is 0.611. The number of hydrogen-bond donors (Lipinski definition) is 1. The molecule has 1 aliphatic rings. The second-order valence-electron chi connectivity index (χ2n) is 6.52. The van der Waals surface area contributed by atoms with Gasteiger partial charge in [-0.05, 0) is 58.2 Å². The number of hydrogen-bond acceptors (Lipinski definition) is 2. The molecule has 0 bridgehead atoms. The minimum atomic E-state index is 0.251. The molecule has 1 aromatic rings. The van der Waals surface area contributed by atoms with Gasteiger partial charge in [0.05, 0.1) is 6.42 Å². The van der Waals surface area contributed by atoms with E-state index in [0.29, 0.717) is 12.3 Å². The van der Waals surface area contributed by atoms with Crippen LogP contribution in [0.15, 0.2) is 24.3 Å². The summed E-state index contributed by atoms with van der Waals surface area (Å²) in [6.45, 7) is 9.35. The van der Waals surface area contributed by atoms with E-state index in [1.165, 1.54) is 18.4 Å². The zero-order chi connectivity index (χ0) is 15.2. The van der Waals surface area contributed by atoms with Crippen molar-refractivity contribution in [3.8, 4) is 0 Å². The Labute approximate surface area is 128 Å². The summed E-state index contributed by atoms with van der Waals surface area (Å²) in [6, 6.07) is 8.53. The number of carbonyl (C=O) groups excluding carboxylic acids is 1. The number of piperidine rings is 1. The fourth-order valence-corrected chi connectivity index (χ4v) is 3.06. The lowest BCUT2D eigenvalue weighted by atomic mass is 9.98. The van der Waals surface area contributed by atoms with Crippen molar-refractivity contribution in [3.05, 3.63) is 35.4 Å². The molecule has 116 valence electrons. The van der Waals surface area contributed by atoms with Gasteiger partial charge in [0.2, 0.25) is 5.91 Å². The van der Waals surface area contributed by atoms with Crippen LogP contribution in [-0.2, 0) is 11.2 Å². The third-order valence-corrected chi connectivity index (χ3v) is 4.24. The largest absolute Gasteiger partial charge is 0.340 e. The van der Waals surface area contributed by atoms with Gasteiger partial charge in [-0.1, -0.05) is 29.8 Å². The van der Waals surface area contributed by atoms with Gasteiger partial charge >= 0.3 is 0 Å². The van der Waals surface area contributed by atoms with E-state index in [1.54, 1.807) is 0 Å². The van der Waals surface area contributed by atoms with Crippen LogP contribution in [-0.4, -0.2) is 36.5 Å². The van der Waals surface area contributed by atoms with Gasteiger partial charge in [-0.3, -0.25) is 4.79 Å². The van der Waals surface area contributed by atoms with Crippen LogP contribution in [0.4, 0.5) is 0 Å². The van der Waals surface area contributed by atoms with E-state index in [2.05, 4.69) is 43.1 Å². The van der Waals surface area contributed by atoms with E-state index in [-0.39, 0.29) is 11.9 Å². The lowest BCUT2D eigenvalue weighted by Gasteiger charge is -2.33. The second kappa shape index (κ2) is 7.60. The quantitative estimate of drug-likeness (QED) is 0.903. The predicted octanol–water partition coefficient (Wildman–Crippen LogP) is 2.77. The standard InChI is InChI=1S/C18H28N2O/c1-14(2)20(13-17-8-5-9-19-12-17)18(21)11-16-7-4-6-15(3)10-16/h4,6-7,10,14,17,19H,5,8-9,11-13H2,1-3H3. The zero-order valence-corrected chi connectivity index (χ0v) is 13.6. The van der Waals surface area contributed by atoms with Crippen LogP contribution >= 0.6 is 0 Å². The van der Waals surface area contributed by atoms with Crippen LogP contribution in [0, 0.1) is 12.8 Å². The van der Waals surface area contributed by atoms with Gasteiger partial charge in [0.15, 0.2) is 0 Å². The minimum Gasteiger partial charge on any atom is -0.340 e. The first-order chi connectivity index (χ1) is 10.1. The molecule has 0 saturated carbocycles. The first-order valence-corrected chi connectivity index (χ1v) is 8.12. The van der Waals surface area contributed by atoms with E-state index in [1.807, 2.05) is 12.1 Å². The topological polar surface area (TPSA) is 32.3 Å². The van der Waals surface area contributed by atoms with E-state index >= 15 is 0 Å². The van der Waals surface area contributed by atoms with Crippen LogP contribution in [0.2, 0.25) is 0 Å². The molecule has 1 unspecified atom stereocenters. The fourth-order valence-electron chi connectivity index (χ4n) is 3.06. The molecule has 3 nitrogen and oxygen atoms in total. The predicted molar refractivity (Wildman–Crippen MR) is 87.3 cm³/mol. The molecule has 1 N–H and O–H groups in total. The number of amides is 1. The molecular formula is C18H28N2O. The number of nitrogens with zero attached hydrogens (tertiary/aromatic N) is 1. The Kier molecular flexibility index (Phi) is 5.80. The second-order valence-corrected chi connectivity index (χ2v) is 6.52. The molecule has 1 fully saturated rings. The van der Waals surface area contributed by atoms with Crippen molar-refractivity contribution in [3.63, 3.8) is 0 Å². The van der Waals surface area contributed by atoms with Gasteiger partial charge in [-0.25, -0.2) is 0 Å². The maximum absolute atomic E-state index is 12.6. The van der Waals surface area contributed by atoms with Gasteiger partial charge in [0.1, 0.15) is 0 Å².